The van der Waals surface area contributed by atoms with Crippen LogP contribution in [0.25, 0.3) is 22.3 Å². The smallest absolute Gasteiger partial charge is 0.443 e. The fraction of sp³-hybridized carbons (Fsp3) is 0.500. The van der Waals surface area contributed by atoms with E-state index in [2.05, 4.69) is 51.7 Å². The lowest BCUT2D eigenvalue weighted by Crippen LogP contribution is -2.33. The van der Waals surface area contributed by atoms with Crippen LogP contribution in [0.2, 0.25) is 0 Å². The molecule has 37 heteroatoms. The van der Waals surface area contributed by atoms with E-state index in [1.54, 1.807) is 0 Å². The number of imidazole rings is 2. The predicted molar refractivity (Wildman–Crippen MR) is 180 cm³/mol. The third-order valence-corrected chi connectivity index (χ3v) is 15.3. The number of aliphatic hydroxyl groups excluding tert-OH is 4. The second-order valence-electron chi connectivity index (χ2n) is 11.6. The van der Waals surface area contributed by atoms with E-state index in [1.807, 2.05) is 0 Å². The molecule has 6 rings (SSSR count). The third kappa shape index (κ3) is 9.85. The molecule has 3 radical (unpaired) electrons. The van der Waals surface area contributed by atoms with Gasteiger partial charge in [0.2, 0.25) is 0 Å². The maximum atomic E-state index is 12.6. The summed E-state index contributed by atoms with van der Waals surface area (Å²) in [6, 6.07) is 0. The topological polar surface area (TPSA) is 460 Å². The minimum atomic E-state index is -6.39. The molecule has 2 aliphatic heterocycles. The van der Waals surface area contributed by atoms with Gasteiger partial charge in [-0.25, -0.2) is 52.5 Å². The number of nitrogen functional groups attached to an aromatic ring is 2. The summed E-state index contributed by atoms with van der Waals surface area (Å²) in [7, 11) is -24.9. The lowest BCUT2D eigenvalue weighted by Gasteiger charge is -2.29. The molecule has 0 saturated carbocycles. The van der Waals surface area contributed by atoms with Gasteiger partial charge >= 0.3 is 31.3 Å². The van der Waals surface area contributed by atoms with E-state index in [-0.39, 0.29) is 34.0 Å². The van der Waals surface area contributed by atoms with Crippen molar-refractivity contribution in [1.29, 1.82) is 0 Å². The van der Waals surface area contributed by atoms with E-state index >= 15 is 0 Å². The molecule has 0 spiro atoms. The van der Waals surface area contributed by atoms with Gasteiger partial charge in [-0.15, -0.1) is 0 Å². The predicted octanol–water partition coefficient (Wildman–Crippen LogP) is -2.15. The largest absolute Gasteiger partial charge is 0.490 e. The molecule has 0 aliphatic carbocycles. The Kier molecular flexibility index (Phi) is 12.3. The van der Waals surface area contributed by atoms with Crippen LogP contribution in [0.5, 0.6) is 0 Å². The Balaban J connectivity index is 1.00. The summed E-state index contributed by atoms with van der Waals surface area (Å²) < 4.78 is 100.0. The average Bonchev–Trinajstić information content (AvgIpc) is 3.83. The normalized spacial score (nSPS) is 30.8. The zero-order valence-corrected chi connectivity index (χ0v) is 32.2. The lowest BCUT2D eigenvalue weighted by atomic mass is 10.1. The molecule has 313 valence electrons. The van der Waals surface area contributed by atoms with Gasteiger partial charge in [0.05, 0.1) is 33.3 Å². The van der Waals surface area contributed by atoms with Crippen LogP contribution in [0.1, 0.15) is 12.5 Å². The first-order chi connectivity index (χ1) is 26.4. The summed E-state index contributed by atoms with van der Waals surface area (Å²) in [5, 5.41) is 41.9. The molecule has 2 aliphatic rings. The van der Waals surface area contributed by atoms with Gasteiger partial charge in [-0.05, 0) is 0 Å². The van der Waals surface area contributed by atoms with Crippen molar-refractivity contribution in [2.45, 2.75) is 49.1 Å². The van der Waals surface area contributed by atoms with Crippen molar-refractivity contribution in [3.8, 4) is 0 Å². The summed E-state index contributed by atoms with van der Waals surface area (Å²) in [5.74, 6) is -0.0549. The average molecular weight is 910 g/mol. The molecule has 12 N–H and O–H groups in total. The number of ether oxygens (including phenoxy) is 2. The van der Waals surface area contributed by atoms with Crippen LogP contribution in [0.4, 0.5) is 11.6 Å². The Morgan fingerprint density at radius 2 is 0.982 bits per heavy atom. The molecule has 4 aromatic heterocycles. The fourth-order valence-corrected chi connectivity index (χ4v) is 11.8. The molecule has 4 unspecified atom stereocenters. The van der Waals surface area contributed by atoms with Gasteiger partial charge in [0.1, 0.15) is 60.3 Å². The Labute approximate surface area is 316 Å². The number of aromatic nitrogens is 8. The van der Waals surface area contributed by atoms with E-state index in [0.29, 0.717) is 0 Å². The minimum Gasteiger partial charge on any atom is -0.443 e. The van der Waals surface area contributed by atoms with Gasteiger partial charge in [0, 0.05) is 0 Å². The maximum absolute atomic E-state index is 12.6. The molecule has 0 bridgehead atoms. The van der Waals surface area contributed by atoms with E-state index in [0.717, 1.165) is 34.4 Å². The molecule has 6 heterocycles. The fourth-order valence-electron chi connectivity index (χ4n) is 5.28. The van der Waals surface area contributed by atoms with Crippen LogP contribution in [0.15, 0.2) is 25.3 Å². The van der Waals surface area contributed by atoms with Gasteiger partial charge in [0.25, 0.3) is 0 Å². The van der Waals surface area contributed by atoms with Gasteiger partial charge in [-0.2, -0.15) is 12.9 Å². The van der Waals surface area contributed by atoms with Crippen molar-refractivity contribution < 1.29 is 98.6 Å². The molecule has 2 fully saturated rings. The van der Waals surface area contributed by atoms with E-state index in [4.69, 9.17) is 33.0 Å². The number of rotatable bonds is 16. The first kappa shape index (κ1) is 43.8. The highest BCUT2D eigenvalue weighted by Gasteiger charge is 2.49. The molecule has 13 atom stereocenters. The molecule has 4 aromatic rings. The number of nitrogens with zero attached hydrogens (tertiary/aromatic N) is 8. The molecule has 31 nitrogen and oxygen atoms in total. The number of phosphoric acid groups is 4. The quantitative estimate of drug-likeness (QED) is 0.0423. The molecule has 0 aromatic carbocycles. The third-order valence-electron chi connectivity index (χ3n) is 7.65. The van der Waals surface area contributed by atoms with E-state index < -0.39 is 101 Å². The van der Waals surface area contributed by atoms with Gasteiger partial charge in [0.15, 0.2) is 35.4 Å². The molecule has 2 saturated heterocycles. The Morgan fingerprint density at radius 1 is 0.596 bits per heavy atom. The van der Waals surface area contributed by atoms with Crippen molar-refractivity contribution in [1.82, 2.24) is 39.0 Å². The summed E-state index contributed by atoms with van der Waals surface area (Å²) in [5.41, 5.74) is 11.8. The van der Waals surface area contributed by atoms with Crippen molar-refractivity contribution in [2.75, 3.05) is 24.7 Å². The Morgan fingerprint density at radius 3 is 1.42 bits per heavy atom. The molecular weight excluding hydrogens is 882 g/mol. The highest BCUT2D eigenvalue weighted by atomic mass is 31.3. The number of hydrogen-bond donors (Lipinski definition) is 10. The number of aliphatic hydroxyl groups is 4. The van der Waals surface area contributed by atoms with Gasteiger partial charge in [-0.3, -0.25) is 13.7 Å². The standard InChI is InChI=1S/C20H28BN10O21P5/c21-53(36,45-1-7-11(32)13(34)19(47-7)30-5-28-9-15(22)24-3-26-17(9)30)49-55(39,40)51-57(43,44)52-56(41,42)50-54(37,38)46-2-8-12(33)14(35)20(48-8)31-6-29-10-16(23)25-4-27-18(10)31/h3-8,11-14,19-20,32-35H,1-2H2,(H,37,38)(H,39,40)(H,41,42)(H,43,44)(H2,22,24,26)(H2,23,25,27)/q-1/t7-,8+,11-,12+,13-,14+,19-,20+,53-/m0/s1. The number of hydrogen-bond acceptors (Lipinski definition) is 25. The van der Waals surface area contributed by atoms with E-state index in [9.17, 15) is 62.8 Å². The summed E-state index contributed by atoms with van der Waals surface area (Å²) in [6.07, 6.45) is -8.73. The van der Waals surface area contributed by atoms with E-state index in [1.165, 1.54) is 0 Å². The zero-order chi connectivity index (χ0) is 41.9. The van der Waals surface area contributed by atoms with Crippen LogP contribution in [0, 0.1) is 0 Å². The zero-order valence-electron chi connectivity index (χ0n) is 27.8. The second-order valence-corrected chi connectivity index (χ2v) is 19.5. The number of anilines is 2. The highest BCUT2D eigenvalue weighted by Crippen LogP contribution is 2.73. The monoisotopic (exact) mass is 910 g/mol. The SMILES string of the molecule is [B-][P@](=O)(OC[C@@H]1O[C@H](n2cnc3c(N)ncnc32)[C@@H](O)[C@H]1O)OP(=O)(O)OP(=O)(O)OP(=O)(O)OP(=O)(O)OC[C@H]1O[C@@H](n2cnc3c(N)ncnc32)[C@H](O)[C@@H]1O. The maximum Gasteiger partial charge on any atom is 0.490 e. The highest BCUT2D eigenvalue weighted by molar-refractivity contribution is 7.84. The summed E-state index contributed by atoms with van der Waals surface area (Å²) >= 11 is 0. The Bertz CT molecular complexity index is 2230. The number of phosphoric ester groups is 1. The summed E-state index contributed by atoms with van der Waals surface area (Å²) in [4.78, 5) is 62.9. The summed E-state index contributed by atoms with van der Waals surface area (Å²) in [6.45, 7) is -2.20. The Hall–Kier alpha value is -2.73. The first-order valence-corrected chi connectivity index (χ1v) is 22.7. The second kappa shape index (κ2) is 16.0. The van der Waals surface area contributed by atoms with Crippen molar-refractivity contribution >= 4 is 80.3 Å². The minimum absolute atomic E-state index is 0.0220. The van der Waals surface area contributed by atoms with Crippen molar-refractivity contribution in [2.24, 2.45) is 0 Å². The number of nitrogens with two attached hydrogens (primary N) is 2. The van der Waals surface area contributed by atoms with Crippen LogP contribution < -0.4 is 11.5 Å². The number of fused-ring (bicyclic) bond motifs is 2. The van der Waals surface area contributed by atoms with Crippen LogP contribution in [-0.2, 0) is 58.6 Å². The van der Waals surface area contributed by atoms with Gasteiger partial charge in [-0.1, -0.05) is 0 Å². The van der Waals surface area contributed by atoms with Gasteiger partial charge < -0.3 is 77.6 Å². The van der Waals surface area contributed by atoms with Crippen molar-refractivity contribution in [3.63, 3.8) is 0 Å². The molecule has 0 amide bonds. The first-order valence-electron chi connectivity index (χ1n) is 15.1. The molecule has 57 heavy (non-hydrogen) atoms. The van der Waals surface area contributed by atoms with Crippen LogP contribution in [0.3, 0.4) is 0 Å². The van der Waals surface area contributed by atoms with Crippen LogP contribution >= 0.6 is 38.8 Å². The molecular formula is C20H28BN10O21P5-. The lowest BCUT2D eigenvalue weighted by molar-refractivity contribution is -0.0503. The van der Waals surface area contributed by atoms with Crippen LogP contribution in [-0.4, -0.2) is 136 Å². The van der Waals surface area contributed by atoms with Crippen molar-refractivity contribution in [3.05, 3.63) is 25.3 Å².